The van der Waals surface area contributed by atoms with Crippen molar-refractivity contribution in [3.63, 3.8) is 0 Å². The summed E-state index contributed by atoms with van der Waals surface area (Å²) in [4.78, 5) is 3.91. The maximum atomic E-state index is 12.3. The fourth-order valence-electron chi connectivity index (χ4n) is 1.97. The van der Waals surface area contributed by atoms with Gasteiger partial charge >= 0.3 is 0 Å². The van der Waals surface area contributed by atoms with Crippen LogP contribution in [0.25, 0.3) is 0 Å². The van der Waals surface area contributed by atoms with Crippen LogP contribution in [0.3, 0.4) is 0 Å². The van der Waals surface area contributed by atoms with E-state index in [1.165, 1.54) is 0 Å². The van der Waals surface area contributed by atoms with E-state index in [-0.39, 0.29) is 22.0 Å². The lowest BCUT2D eigenvalue weighted by Crippen LogP contribution is -2.23. The molecule has 0 fully saturated rings. The van der Waals surface area contributed by atoms with Crippen molar-refractivity contribution in [1.29, 1.82) is 0 Å². The average Bonchev–Trinajstić information content (AvgIpc) is 3.03. The molecule has 1 aromatic carbocycles. The number of para-hydroxylation sites is 1. The Balaban J connectivity index is 1.82. The summed E-state index contributed by atoms with van der Waals surface area (Å²) in [6, 6.07) is 5.34. The normalized spacial score (nSPS) is 13.6. The number of fused-ring (bicyclic) bond motifs is 1. The highest BCUT2D eigenvalue weighted by Crippen LogP contribution is 2.35. The number of nitrogens with zero attached hydrogens (tertiary/aromatic N) is 1. The van der Waals surface area contributed by atoms with Gasteiger partial charge in [-0.15, -0.1) is 0 Å². The molecule has 0 saturated heterocycles. The first-order chi connectivity index (χ1) is 9.97. The fourth-order valence-corrected chi connectivity index (χ4v) is 4.76. The van der Waals surface area contributed by atoms with Gasteiger partial charge in [0.1, 0.15) is 0 Å². The van der Waals surface area contributed by atoms with Gasteiger partial charge in [-0.3, -0.25) is 0 Å². The van der Waals surface area contributed by atoms with E-state index in [9.17, 15) is 8.42 Å². The van der Waals surface area contributed by atoms with Crippen LogP contribution in [0.15, 0.2) is 22.4 Å². The quantitative estimate of drug-likeness (QED) is 0.919. The third kappa shape index (κ3) is 2.84. The van der Waals surface area contributed by atoms with Crippen molar-refractivity contribution in [3.8, 4) is 11.5 Å². The number of aromatic nitrogens is 1. The zero-order valence-corrected chi connectivity index (χ0v) is 13.3. The van der Waals surface area contributed by atoms with Crippen LogP contribution in [-0.2, 0) is 16.6 Å². The number of hydrogen-bond acceptors (Lipinski definition) is 6. The third-order valence-corrected chi connectivity index (χ3v) is 6.18. The van der Waals surface area contributed by atoms with Gasteiger partial charge in [0.05, 0.1) is 5.69 Å². The zero-order valence-electron chi connectivity index (χ0n) is 10.9. The summed E-state index contributed by atoms with van der Waals surface area (Å²) in [7, 11) is -3.66. The Morgan fingerprint density at radius 2 is 2.24 bits per heavy atom. The Morgan fingerprint density at radius 1 is 1.43 bits per heavy atom. The Kier molecular flexibility index (Phi) is 3.78. The van der Waals surface area contributed by atoms with Gasteiger partial charge in [-0.1, -0.05) is 35.1 Å². The van der Waals surface area contributed by atoms with Crippen molar-refractivity contribution in [2.75, 3.05) is 6.79 Å². The number of halogens is 1. The monoisotopic (exact) mass is 346 g/mol. The summed E-state index contributed by atoms with van der Waals surface area (Å²) in [5, 5.41) is 0. The first-order valence-corrected chi connectivity index (χ1v) is 8.65. The minimum atomic E-state index is -3.66. The molecule has 0 radical (unpaired) electrons. The maximum Gasteiger partial charge on any atom is 0.252 e. The molecule has 3 rings (SSSR count). The predicted molar refractivity (Wildman–Crippen MR) is 78.5 cm³/mol. The second-order valence-electron chi connectivity index (χ2n) is 4.32. The molecule has 21 heavy (non-hydrogen) atoms. The summed E-state index contributed by atoms with van der Waals surface area (Å²) in [6.45, 7) is 1.85. The lowest BCUT2D eigenvalue weighted by molar-refractivity contribution is 0.173. The van der Waals surface area contributed by atoms with Crippen LogP contribution < -0.4 is 14.2 Å². The molecule has 0 atom stereocenters. The molecular weight excluding hydrogens is 336 g/mol. The summed E-state index contributed by atoms with van der Waals surface area (Å²) in [6.07, 6.45) is 0. The van der Waals surface area contributed by atoms with E-state index in [1.807, 2.05) is 0 Å². The van der Waals surface area contributed by atoms with Gasteiger partial charge in [0.2, 0.25) is 6.79 Å². The van der Waals surface area contributed by atoms with E-state index in [1.54, 1.807) is 25.1 Å². The lowest BCUT2D eigenvalue weighted by atomic mass is 10.2. The Bertz CT molecular complexity index is 789. The van der Waals surface area contributed by atoms with Crippen LogP contribution >= 0.6 is 22.9 Å². The van der Waals surface area contributed by atoms with Gasteiger partial charge in [0, 0.05) is 12.1 Å². The van der Waals surface area contributed by atoms with Crippen LogP contribution in [0.2, 0.25) is 4.47 Å². The fraction of sp³-hybridized carbons (Fsp3) is 0.250. The maximum absolute atomic E-state index is 12.3. The predicted octanol–water partition coefficient (Wildman–Crippen LogP) is 2.31. The van der Waals surface area contributed by atoms with Gasteiger partial charge in [-0.2, -0.15) is 0 Å². The molecule has 1 N–H and O–H groups in total. The van der Waals surface area contributed by atoms with E-state index in [4.69, 9.17) is 21.1 Å². The molecule has 112 valence electrons. The molecule has 2 aromatic rings. The molecule has 0 amide bonds. The Morgan fingerprint density at radius 3 is 2.95 bits per heavy atom. The van der Waals surface area contributed by atoms with Crippen molar-refractivity contribution in [3.05, 3.63) is 33.9 Å². The first-order valence-electron chi connectivity index (χ1n) is 5.97. The number of thiazole rings is 1. The molecule has 1 aliphatic heterocycles. The first kappa shape index (κ1) is 14.6. The van der Waals surface area contributed by atoms with Crippen molar-refractivity contribution < 1.29 is 17.9 Å². The molecular formula is C12H11ClN2O4S2. The van der Waals surface area contributed by atoms with Gasteiger partial charge < -0.3 is 9.47 Å². The SMILES string of the molecule is Cc1nc(Cl)sc1S(=O)(=O)NCc1cccc2c1OCO2. The summed E-state index contributed by atoms with van der Waals surface area (Å²) >= 11 is 6.67. The number of hydrogen-bond donors (Lipinski definition) is 1. The number of ether oxygens (including phenoxy) is 2. The Labute approximate surface area is 130 Å². The molecule has 0 saturated carbocycles. The largest absolute Gasteiger partial charge is 0.454 e. The molecule has 0 aliphatic carbocycles. The summed E-state index contributed by atoms with van der Waals surface area (Å²) < 4.78 is 38.0. The zero-order chi connectivity index (χ0) is 15.0. The number of rotatable bonds is 4. The topological polar surface area (TPSA) is 77.5 Å². The van der Waals surface area contributed by atoms with Crippen LogP contribution in [0.5, 0.6) is 11.5 Å². The number of benzene rings is 1. The van der Waals surface area contributed by atoms with Crippen LogP contribution in [0.1, 0.15) is 11.3 Å². The molecule has 1 aromatic heterocycles. The van der Waals surface area contributed by atoms with Crippen LogP contribution in [0, 0.1) is 6.92 Å². The van der Waals surface area contributed by atoms with Gasteiger partial charge in [0.25, 0.3) is 10.0 Å². The molecule has 1 aliphatic rings. The highest BCUT2D eigenvalue weighted by molar-refractivity contribution is 7.91. The average molecular weight is 347 g/mol. The second-order valence-corrected chi connectivity index (χ2v) is 7.86. The second kappa shape index (κ2) is 5.45. The summed E-state index contributed by atoms with van der Waals surface area (Å²) in [5.41, 5.74) is 1.09. The van der Waals surface area contributed by atoms with Gasteiger partial charge in [0.15, 0.2) is 20.2 Å². The van der Waals surface area contributed by atoms with Crippen molar-refractivity contribution >= 4 is 33.0 Å². The number of aryl methyl sites for hydroxylation is 1. The van der Waals surface area contributed by atoms with E-state index in [0.29, 0.717) is 22.8 Å². The van der Waals surface area contributed by atoms with E-state index in [0.717, 1.165) is 11.3 Å². The lowest BCUT2D eigenvalue weighted by Gasteiger charge is -2.07. The number of sulfonamides is 1. The van der Waals surface area contributed by atoms with E-state index < -0.39 is 10.0 Å². The Hall–Kier alpha value is -1.35. The molecule has 0 unspecified atom stereocenters. The molecule has 9 heteroatoms. The van der Waals surface area contributed by atoms with Crippen molar-refractivity contribution in [2.45, 2.75) is 17.7 Å². The smallest absolute Gasteiger partial charge is 0.252 e. The number of nitrogens with one attached hydrogen (secondary N) is 1. The van der Waals surface area contributed by atoms with E-state index >= 15 is 0 Å². The minimum Gasteiger partial charge on any atom is -0.454 e. The summed E-state index contributed by atoms with van der Waals surface area (Å²) in [5.74, 6) is 1.18. The molecule has 2 heterocycles. The highest BCUT2D eigenvalue weighted by atomic mass is 35.5. The molecule has 6 nitrogen and oxygen atoms in total. The van der Waals surface area contributed by atoms with Gasteiger partial charge in [-0.25, -0.2) is 18.1 Å². The van der Waals surface area contributed by atoms with Crippen molar-refractivity contribution in [2.24, 2.45) is 0 Å². The minimum absolute atomic E-state index is 0.101. The van der Waals surface area contributed by atoms with E-state index in [2.05, 4.69) is 9.71 Å². The van der Waals surface area contributed by atoms with Crippen LogP contribution in [-0.4, -0.2) is 20.2 Å². The standard InChI is InChI=1S/C12H11ClN2O4S2/c1-7-11(20-12(13)15-7)21(16,17)14-5-8-3-2-4-9-10(8)19-6-18-9/h2-4,14H,5-6H2,1H3. The molecule has 0 bridgehead atoms. The highest BCUT2D eigenvalue weighted by Gasteiger charge is 2.23. The van der Waals surface area contributed by atoms with Gasteiger partial charge in [-0.05, 0) is 13.0 Å². The van der Waals surface area contributed by atoms with Crippen molar-refractivity contribution in [1.82, 2.24) is 9.71 Å². The molecule has 0 spiro atoms. The van der Waals surface area contributed by atoms with Crippen LogP contribution in [0.4, 0.5) is 0 Å². The third-order valence-electron chi connectivity index (χ3n) is 2.90.